The van der Waals surface area contributed by atoms with E-state index in [2.05, 4.69) is 5.32 Å². The third-order valence-corrected chi connectivity index (χ3v) is 8.33. The molecule has 200 valence electrons. The Morgan fingerprint density at radius 1 is 1.05 bits per heavy atom. The average Bonchev–Trinajstić information content (AvgIpc) is 2.91. The van der Waals surface area contributed by atoms with Gasteiger partial charge in [-0.25, -0.2) is 8.42 Å². The maximum Gasteiger partial charge on any atom is 0.265 e. The number of fused-ring (bicyclic) bond motifs is 1. The number of benzene rings is 3. The van der Waals surface area contributed by atoms with Gasteiger partial charge in [-0.15, -0.1) is 0 Å². The predicted octanol–water partition coefficient (Wildman–Crippen LogP) is 4.43. The number of anilines is 2. The molecule has 0 spiro atoms. The van der Waals surface area contributed by atoms with Gasteiger partial charge >= 0.3 is 0 Å². The quantitative estimate of drug-likeness (QED) is 0.395. The Bertz CT molecular complexity index is 1410. The maximum atomic E-state index is 12.9. The van der Waals surface area contributed by atoms with Crippen LogP contribution in [0, 0.1) is 0 Å². The minimum Gasteiger partial charge on any atom is -0.492 e. The van der Waals surface area contributed by atoms with E-state index >= 15 is 0 Å². The molecule has 38 heavy (non-hydrogen) atoms. The number of hydrogen-bond acceptors (Lipinski definition) is 6. The highest BCUT2D eigenvalue weighted by molar-refractivity contribution is 7.89. The Hall–Kier alpha value is -3.60. The normalized spacial score (nSPS) is 13.2. The molecule has 0 saturated carbocycles. The Labute approximate surface area is 227 Å². The van der Waals surface area contributed by atoms with Crippen molar-refractivity contribution < 1.29 is 27.5 Å². The molecule has 2 amide bonds. The molecule has 1 aliphatic heterocycles. The van der Waals surface area contributed by atoms with Crippen LogP contribution in [0.3, 0.4) is 0 Å². The van der Waals surface area contributed by atoms with E-state index in [-0.39, 0.29) is 30.6 Å². The second-order valence-electron chi connectivity index (χ2n) is 8.39. The van der Waals surface area contributed by atoms with Crippen LogP contribution < -0.4 is 19.7 Å². The molecule has 0 atom stereocenters. The molecule has 3 aromatic rings. The summed E-state index contributed by atoms with van der Waals surface area (Å²) in [5, 5.41) is 3.40. The highest BCUT2D eigenvalue weighted by Crippen LogP contribution is 2.34. The number of carbonyl (C=O) groups is 2. The molecule has 0 unspecified atom stereocenters. The van der Waals surface area contributed by atoms with Gasteiger partial charge in [-0.05, 0) is 66.7 Å². The zero-order chi connectivity index (χ0) is 27.3. The molecule has 0 bridgehead atoms. The Morgan fingerprint density at radius 3 is 2.39 bits per heavy atom. The van der Waals surface area contributed by atoms with E-state index in [4.69, 9.17) is 21.1 Å². The van der Waals surface area contributed by atoms with Crippen LogP contribution in [0.1, 0.15) is 24.2 Å². The molecule has 1 N–H and O–H groups in total. The Morgan fingerprint density at radius 2 is 1.74 bits per heavy atom. The second kappa shape index (κ2) is 11.8. The molecule has 9 nitrogen and oxygen atoms in total. The molecule has 0 aromatic heterocycles. The van der Waals surface area contributed by atoms with Gasteiger partial charge in [0.25, 0.3) is 11.8 Å². The number of rotatable bonds is 10. The van der Waals surface area contributed by atoms with Crippen LogP contribution in [0.2, 0.25) is 5.02 Å². The summed E-state index contributed by atoms with van der Waals surface area (Å²) in [5.41, 5.74) is 1.26. The predicted molar refractivity (Wildman–Crippen MR) is 146 cm³/mol. The molecular weight excluding hydrogens is 530 g/mol. The minimum absolute atomic E-state index is 0.0948. The van der Waals surface area contributed by atoms with Gasteiger partial charge in [0.1, 0.15) is 18.1 Å². The summed E-state index contributed by atoms with van der Waals surface area (Å²) in [6.45, 7) is 4.68. The molecular formula is C27H28ClN3O6S. The molecule has 1 aliphatic rings. The van der Waals surface area contributed by atoms with Crippen LogP contribution in [0.15, 0.2) is 71.6 Å². The van der Waals surface area contributed by atoms with Crippen molar-refractivity contribution in [3.63, 3.8) is 0 Å². The second-order valence-corrected chi connectivity index (χ2v) is 10.8. The van der Waals surface area contributed by atoms with Gasteiger partial charge in [0, 0.05) is 29.4 Å². The number of halogens is 1. The first-order valence-electron chi connectivity index (χ1n) is 12.1. The van der Waals surface area contributed by atoms with Gasteiger partial charge in [0.2, 0.25) is 10.0 Å². The molecule has 4 rings (SSSR count). The molecule has 0 aliphatic carbocycles. The third kappa shape index (κ3) is 6.09. The van der Waals surface area contributed by atoms with Gasteiger partial charge in [-0.1, -0.05) is 25.4 Å². The Kier molecular flexibility index (Phi) is 8.55. The van der Waals surface area contributed by atoms with E-state index in [1.54, 1.807) is 61.2 Å². The lowest BCUT2D eigenvalue weighted by atomic mass is 10.1. The SMILES string of the molecule is CCN(CC)S(=O)(=O)c1ccc(C(=O)Nc2ccc3c(c2)N(CCOc2ccc(Cl)cc2)C(=O)CO3)cc1. The first kappa shape index (κ1) is 27.4. The van der Waals surface area contributed by atoms with E-state index in [9.17, 15) is 18.0 Å². The first-order chi connectivity index (χ1) is 18.2. The number of carbonyl (C=O) groups excluding carboxylic acids is 2. The summed E-state index contributed by atoms with van der Waals surface area (Å²) in [4.78, 5) is 27.1. The van der Waals surface area contributed by atoms with Gasteiger partial charge in [0.05, 0.1) is 17.1 Å². The first-order valence-corrected chi connectivity index (χ1v) is 13.9. The van der Waals surface area contributed by atoms with Crippen molar-refractivity contribution in [3.05, 3.63) is 77.3 Å². The fraction of sp³-hybridized carbons (Fsp3) is 0.259. The monoisotopic (exact) mass is 557 g/mol. The molecule has 1 heterocycles. The number of hydrogen-bond donors (Lipinski definition) is 1. The third-order valence-electron chi connectivity index (χ3n) is 6.02. The summed E-state index contributed by atoms with van der Waals surface area (Å²) < 4.78 is 38.0. The fourth-order valence-corrected chi connectivity index (χ4v) is 5.59. The molecule has 3 aromatic carbocycles. The van der Waals surface area contributed by atoms with Crippen molar-refractivity contribution in [1.82, 2.24) is 4.31 Å². The van der Waals surface area contributed by atoms with Crippen molar-refractivity contribution >= 4 is 44.8 Å². The minimum atomic E-state index is -3.62. The fourth-order valence-electron chi connectivity index (χ4n) is 4.00. The zero-order valence-corrected chi connectivity index (χ0v) is 22.6. The van der Waals surface area contributed by atoms with Crippen LogP contribution in [0.25, 0.3) is 0 Å². The lowest BCUT2D eigenvalue weighted by Gasteiger charge is -2.29. The van der Waals surface area contributed by atoms with Crippen LogP contribution in [-0.2, 0) is 14.8 Å². The van der Waals surface area contributed by atoms with Crippen LogP contribution >= 0.6 is 11.6 Å². The lowest BCUT2D eigenvalue weighted by Crippen LogP contribution is -2.41. The number of nitrogens with one attached hydrogen (secondary N) is 1. The molecule has 0 radical (unpaired) electrons. The van der Waals surface area contributed by atoms with Gasteiger partial charge in [-0.3, -0.25) is 9.59 Å². The van der Waals surface area contributed by atoms with Gasteiger partial charge < -0.3 is 19.7 Å². The molecule has 0 fully saturated rings. The topological polar surface area (TPSA) is 105 Å². The number of ether oxygens (including phenoxy) is 2. The molecule has 11 heteroatoms. The van der Waals surface area contributed by atoms with E-state index in [0.29, 0.717) is 46.5 Å². The number of sulfonamides is 1. The van der Waals surface area contributed by atoms with E-state index < -0.39 is 15.9 Å². The van der Waals surface area contributed by atoms with Crippen LogP contribution in [0.5, 0.6) is 11.5 Å². The number of nitrogens with zero attached hydrogens (tertiary/aromatic N) is 2. The van der Waals surface area contributed by atoms with E-state index in [1.165, 1.54) is 28.6 Å². The number of amides is 2. The average molecular weight is 558 g/mol. The maximum absolute atomic E-state index is 12.9. The summed E-state index contributed by atoms with van der Waals surface area (Å²) in [6.07, 6.45) is 0. The van der Waals surface area contributed by atoms with Crippen molar-refractivity contribution in [2.75, 3.05) is 43.1 Å². The van der Waals surface area contributed by atoms with Crippen molar-refractivity contribution in [2.24, 2.45) is 0 Å². The highest BCUT2D eigenvalue weighted by Gasteiger charge is 2.26. The van der Waals surface area contributed by atoms with Gasteiger partial charge in [-0.2, -0.15) is 4.31 Å². The van der Waals surface area contributed by atoms with Crippen molar-refractivity contribution in [1.29, 1.82) is 0 Å². The van der Waals surface area contributed by atoms with Crippen molar-refractivity contribution in [2.45, 2.75) is 18.7 Å². The smallest absolute Gasteiger partial charge is 0.265 e. The summed E-state index contributed by atoms with van der Waals surface area (Å²) in [5.74, 6) is 0.496. The summed E-state index contributed by atoms with van der Waals surface area (Å²) in [7, 11) is -3.62. The van der Waals surface area contributed by atoms with Crippen molar-refractivity contribution in [3.8, 4) is 11.5 Å². The van der Waals surface area contributed by atoms with Crippen LogP contribution in [0.4, 0.5) is 11.4 Å². The van der Waals surface area contributed by atoms with Gasteiger partial charge in [0.15, 0.2) is 6.61 Å². The summed E-state index contributed by atoms with van der Waals surface area (Å²) >= 11 is 5.90. The summed E-state index contributed by atoms with van der Waals surface area (Å²) in [6, 6.07) is 17.7. The molecule has 0 saturated heterocycles. The highest BCUT2D eigenvalue weighted by atomic mass is 35.5. The Balaban J connectivity index is 1.45. The van der Waals surface area contributed by atoms with Crippen LogP contribution in [-0.4, -0.2) is 57.4 Å². The van der Waals surface area contributed by atoms with E-state index in [0.717, 1.165) is 0 Å². The largest absolute Gasteiger partial charge is 0.492 e. The van der Waals surface area contributed by atoms with E-state index in [1.807, 2.05) is 0 Å². The zero-order valence-electron chi connectivity index (χ0n) is 21.0. The standard InChI is InChI=1S/C27H28ClN3O6S/c1-3-30(4-2)38(34,35)23-12-5-19(6-13-23)27(33)29-21-9-14-25-24(17-21)31(26(32)18-37-25)15-16-36-22-10-7-20(28)8-11-22/h5-14,17H,3-4,15-16,18H2,1-2H3,(H,29,33). The lowest BCUT2D eigenvalue weighted by molar-refractivity contribution is -0.121.